The van der Waals surface area contributed by atoms with Gasteiger partial charge in [0.05, 0.1) is 13.1 Å². The third-order valence-electron chi connectivity index (χ3n) is 2.83. The number of hydrogen-bond acceptors (Lipinski definition) is 2. The highest BCUT2D eigenvalue weighted by molar-refractivity contribution is 5.69. The van der Waals surface area contributed by atoms with Crippen molar-refractivity contribution in [2.24, 2.45) is 0 Å². The molecule has 0 saturated carbocycles. The first-order valence-electron chi connectivity index (χ1n) is 5.78. The summed E-state index contributed by atoms with van der Waals surface area (Å²) in [6.45, 7) is 1.56. The van der Waals surface area contributed by atoms with Crippen LogP contribution in [0.25, 0.3) is 0 Å². The van der Waals surface area contributed by atoms with Crippen LogP contribution in [-0.2, 0) is 4.79 Å². The van der Waals surface area contributed by atoms with E-state index >= 15 is 0 Å². The summed E-state index contributed by atoms with van der Waals surface area (Å²) in [5.41, 5.74) is 1.66. The van der Waals surface area contributed by atoms with E-state index in [-0.39, 0.29) is 0 Å². The number of alkyl halides is 3. The molecule has 1 atom stereocenters. The molecule has 0 aliphatic heterocycles. The molecule has 1 aromatic rings. The molecular weight excluding hydrogens is 259 g/mol. The Hall–Kier alpha value is -1.56. The van der Waals surface area contributed by atoms with Crippen LogP contribution < -0.4 is 0 Å². The van der Waals surface area contributed by atoms with Gasteiger partial charge in [-0.2, -0.15) is 13.2 Å². The van der Waals surface area contributed by atoms with Crippen LogP contribution >= 0.6 is 0 Å². The molecule has 3 nitrogen and oxygen atoms in total. The Kier molecular flexibility index (Phi) is 4.94. The van der Waals surface area contributed by atoms with Crippen molar-refractivity contribution in [2.45, 2.75) is 26.1 Å². The highest BCUT2D eigenvalue weighted by atomic mass is 19.4. The number of halogens is 3. The molecule has 1 rings (SSSR count). The van der Waals surface area contributed by atoms with Crippen LogP contribution in [0.4, 0.5) is 13.2 Å². The number of carboxylic acid groups (broad SMARTS) is 1. The second-order valence-corrected chi connectivity index (χ2v) is 4.50. The average Bonchev–Trinajstić information content (AvgIpc) is 2.25. The molecule has 0 fully saturated rings. The van der Waals surface area contributed by atoms with Gasteiger partial charge in [-0.1, -0.05) is 29.8 Å². The van der Waals surface area contributed by atoms with Crippen LogP contribution in [0.1, 0.15) is 24.1 Å². The number of aryl methyl sites for hydroxylation is 1. The van der Waals surface area contributed by atoms with Crippen LogP contribution in [0.15, 0.2) is 24.3 Å². The van der Waals surface area contributed by atoms with Crippen LogP contribution in [0.2, 0.25) is 0 Å². The van der Waals surface area contributed by atoms with Gasteiger partial charge in [-0.3, -0.25) is 9.69 Å². The number of rotatable bonds is 5. The minimum atomic E-state index is -4.42. The minimum Gasteiger partial charge on any atom is -0.480 e. The molecule has 6 heteroatoms. The molecule has 0 spiro atoms. The van der Waals surface area contributed by atoms with E-state index in [2.05, 4.69) is 0 Å². The zero-order valence-corrected chi connectivity index (χ0v) is 10.7. The SMILES string of the molecule is Cc1ccc(C(C)N(CC(=O)O)CC(F)(F)F)cc1. The molecular formula is C13H16F3NO2. The van der Waals surface area contributed by atoms with Gasteiger partial charge >= 0.3 is 12.1 Å². The molecule has 0 bridgehead atoms. The lowest BCUT2D eigenvalue weighted by Crippen LogP contribution is -2.39. The number of hydrogen-bond donors (Lipinski definition) is 1. The number of carbonyl (C=O) groups is 1. The van der Waals surface area contributed by atoms with E-state index in [0.29, 0.717) is 5.56 Å². The maximum Gasteiger partial charge on any atom is 0.401 e. The average molecular weight is 275 g/mol. The monoisotopic (exact) mass is 275 g/mol. The van der Waals surface area contributed by atoms with E-state index in [1.165, 1.54) is 0 Å². The Morgan fingerprint density at radius 3 is 2.26 bits per heavy atom. The molecule has 0 aromatic heterocycles. The lowest BCUT2D eigenvalue weighted by Gasteiger charge is -2.28. The summed E-state index contributed by atoms with van der Waals surface area (Å²) >= 11 is 0. The maximum atomic E-state index is 12.5. The molecule has 0 heterocycles. The number of aliphatic carboxylic acids is 1. The van der Waals surface area contributed by atoms with E-state index in [0.717, 1.165) is 10.5 Å². The normalized spacial score (nSPS) is 13.6. The summed E-state index contributed by atoms with van der Waals surface area (Å²) in [6.07, 6.45) is -4.42. The van der Waals surface area contributed by atoms with Crippen LogP contribution in [0, 0.1) is 6.92 Å². The van der Waals surface area contributed by atoms with Gasteiger partial charge in [0.1, 0.15) is 0 Å². The van der Waals surface area contributed by atoms with Gasteiger partial charge in [0.15, 0.2) is 0 Å². The Morgan fingerprint density at radius 2 is 1.84 bits per heavy atom. The molecule has 0 aliphatic carbocycles. The quantitative estimate of drug-likeness (QED) is 0.898. The number of nitrogens with zero attached hydrogens (tertiary/aromatic N) is 1. The zero-order valence-electron chi connectivity index (χ0n) is 10.7. The summed E-state index contributed by atoms with van der Waals surface area (Å²) < 4.78 is 37.4. The van der Waals surface area contributed by atoms with Crippen molar-refractivity contribution >= 4 is 5.97 Å². The molecule has 0 amide bonds. The fraction of sp³-hybridized carbons (Fsp3) is 0.462. The second kappa shape index (κ2) is 6.06. The van der Waals surface area contributed by atoms with Crippen LogP contribution in [-0.4, -0.2) is 35.2 Å². The molecule has 1 unspecified atom stereocenters. The Balaban J connectivity index is 2.89. The first-order valence-corrected chi connectivity index (χ1v) is 5.78. The van der Waals surface area contributed by atoms with Crippen molar-refractivity contribution in [1.29, 1.82) is 0 Å². The van der Waals surface area contributed by atoms with E-state index in [4.69, 9.17) is 5.11 Å². The van der Waals surface area contributed by atoms with Gasteiger partial charge in [-0.25, -0.2) is 0 Å². The molecule has 0 saturated heterocycles. The Labute approximate surface area is 109 Å². The lowest BCUT2D eigenvalue weighted by atomic mass is 10.1. The first-order chi connectivity index (χ1) is 8.69. The van der Waals surface area contributed by atoms with Crippen molar-refractivity contribution in [2.75, 3.05) is 13.1 Å². The first kappa shape index (κ1) is 15.5. The summed E-state index contributed by atoms with van der Waals surface area (Å²) in [6, 6.07) is 6.39. The van der Waals surface area contributed by atoms with Gasteiger partial charge in [-0.05, 0) is 19.4 Å². The summed E-state index contributed by atoms with van der Waals surface area (Å²) in [5.74, 6) is -1.27. The molecule has 19 heavy (non-hydrogen) atoms. The zero-order chi connectivity index (χ0) is 14.6. The van der Waals surface area contributed by atoms with Crippen molar-refractivity contribution in [3.05, 3.63) is 35.4 Å². The molecule has 106 valence electrons. The summed E-state index contributed by atoms with van der Waals surface area (Å²) in [4.78, 5) is 11.6. The fourth-order valence-corrected chi connectivity index (χ4v) is 1.79. The van der Waals surface area contributed by atoms with Gasteiger partial charge in [-0.15, -0.1) is 0 Å². The van der Waals surface area contributed by atoms with Gasteiger partial charge < -0.3 is 5.11 Å². The second-order valence-electron chi connectivity index (χ2n) is 4.50. The molecule has 0 aliphatic rings. The van der Waals surface area contributed by atoms with Crippen LogP contribution in [0.3, 0.4) is 0 Å². The third-order valence-corrected chi connectivity index (χ3v) is 2.83. The summed E-state index contributed by atoms with van der Waals surface area (Å²) in [7, 11) is 0. The Bertz CT molecular complexity index is 429. The predicted octanol–water partition coefficient (Wildman–Crippen LogP) is 3.00. The highest BCUT2D eigenvalue weighted by Gasteiger charge is 2.33. The van der Waals surface area contributed by atoms with Crippen molar-refractivity contribution in [1.82, 2.24) is 4.90 Å². The third kappa shape index (κ3) is 5.30. The molecule has 1 N–H and O–H groups in total. The van der Waals surface area contributed by atoms with Crippen molar-refractivity contribution in [3.8, 4) is 0 Å². The number of carboxylic acids is 1. The molecule has 1 aromatic carbocycles. The predicted molar refractivity (Wildman–Crippen MR) is 64.9 cm³/mol. The summed E-state index contributed by atoms with van der Waals surface area (Å²) in [5, 5.41) is 8.71. The lowest BCUT2D eigenvalue weighted by molar-refractivity contribution is -0.157. The van der Waals surface area contributed by atoms with E-state index in [1.807, 2.05) is 6.92 Å². The fourth-order valence-electron chi connectivity index (χ4n) is 1.79. The minimum absolute atomic E-state index is 0.613. The standard InChI is InChI=1S/C13H16F3NO2/c1-9-3-5-11(6-4-9)10(2)17(7-12(18)19)8-13(14,15)16/h3-6,10H,7-8H2,1-2H3,(H,18,19). The van der Waals surface area contributed by atoms with Gasteiger partial charge in [0.25, 0.3) is 0 Å². The van der Waals surface area contributed by atoms with E-state index in [9.17, 15) is 18.0 Å². The van der Waals surface area contributed by atoms with Crippen molar-refractivity contribution < 1.29 is 23.1 Å². The van der Waals surface area contributed by atoms with E-state index < -0.39 is 31.3 Å². The highest BCUT2D eigenvalue weighted by Crippen LogP contribution is 2.25. The molecule has 0 radical (unpaired) electrons. The van der Waals surface area contributed by atoms with Crippen molar-refractivity contribution in [3.63, 3.8) is 0 Å². The Morgan fingerprint density at radius 1 is 1.32 bits per heavy atom. The van der Waals surface area contributed by atoms with Crippen LogP contribution in [0.5, 0.6) is 0 Å². The van der Waals surface area contributed by atoms with Gasteiger partial charge in [0, 0.05) is 6.04 Å². The maximum absolute atomic E-state index is 12.5. The number of benzene rings is 1. The smallest absolute Gasteiger partial charge is 0.401 e. The topological polar surface area (TPSA) is 40.5 Å². The van der Waals surface area contributed by atoms with Gasteiger partial charge in [0.2, 0.25) is 0 Å². The van der Waals surface area contributed by atoms with E-state index in [1.54, 1.807) is 31.2 Å². The largest absolute Gasteiger partial charge is 0.480 e.